The van der Waals surface area contributed by atoms with Gasteiger partial charge in [-0.15, -0.1) is 0 Å². The van der Waals surface area contributed by atoms with Gasteiger partial charge in [-0.2, -0.15) is 0 Å². The lowest BCUT2D eigenvalue weighted by atomic mass is 10.1. The van der Waals surface area contributed by atoms with Gasteiger partial charge < -0.3 is 20.1 Å². The SMILES string of the molecule is COC(=O)c1cc(N2CCOCC2)c(Cl)cc1N. The first-order chi connectivity index (χ1) is 8.63. The van der Waals surface area contributed by atoms with Crippen molar-refractivity contribution in [1.29, 1.82) is 0 Å². The first kappa shape index (κ1) is 13.0. The fourth-order valence-electron chi connectivity index (χ4n) is 1.91. The molecule has 0 bridgehead atoms. The Morgan fingerprint density at radius 2 is 2.11 bits per heavy atom. The summed E-state index contributed by atoms with van der Waals surface area (Å²) in [5.74, 6) is -0.460. The van der Waals surface area contributed by atoms with Gasteiger partial charge in [0, 0.05) is 18.8 Å². The summed E-state index contributed by atoms with van der Waals surface area (Å²) in [6, 6.07) is 3.26. The average Bonchev–Trinajstić information content (AvgIpc) is 2.39. The number of ether oxygens (including phenoxy) is 2. The number of nitrogens with zero attached hydrogens (tertiary/aromatic N) is 1. The number of methoxy groups -OCH3 is 1. The lowest BCUT2D eigenvalue weighted by Crippen LogP contribution is -2.36. The van der Waals surface area contributed by atoms with Gasteiger partial charge in [-0.25, -0.2) is 4.79 Å². The Morgan fingerprint density at radius 3 is 2.72 bits per heavy atom. The highest BCUT2D eigenvalue weighted by Gasteiger charge is 2.19. The van der Waals surface area contributed by atoms with Crippen molar-refractivity contribution in [3.8, 4) is 0 Å². The first-order valence-electron chi connectivity index (χ1n) is 5.63. The molecule has 0 aliphatic carbocycles. The van der Waals surface area contributed by atoms with E-state index in [1.165, 1.54) is 7.11 Å². The minimum atomic E-state index is -0.460. The molecular formula is C12H15ClN2O3. The summed E-state index contributed by atoms with van der Waals surface area (Å²) in [6.45, 7) is 2.77. The number of benzene rings is 1. The Labute approximate surface area is 110 Å². The third kappa shape index (κ3) is 2.52. The van der Waals surface area contributed by atoms with Gasteiger partial charge in [-0.3, -0.25) is 0 Å². The minimum Gasteiger partial charge on any atom is -0.465 e. The molecule has 1 aliphatic rings. The van der Waals surface area contributed by atoms with Gasteiger partial charge in [0.2, 0.25) is 0 Å². The summed E-state index contributed by atoms with van der Waals surface area (Å²) in [6.07, 6.45) is 0. The quantitative estimate of drug-likeness (QED) is 0.652. The van der Waals surface area contributed by atoms with E-state index < -0.39 is 5.97 Å². The molecule has 1 heterocycles. The number of anilines is 2. The predicted molar refractivity (Wildman–Crippen MR) is 70.2 cm³/mol. The lowest BCUT2D eigenvalue weighted by molar-refractivity contribution is 0.0602. The Bertz CT molecular complexity index is 459. The van der Waals surface area contributed by atoms with E-state index in [1.54, 1.807) is 12.1 Å². The zero-order valence-corrected chi connectivity index (χ0v) is 10.9. The number of hydrogen-bond donors (Lipinski definition) is 1. The molecule has 0 spiro atoms. The van der Waals surface area contributed by atoms with Crippen LogP contribution < -0.4 is 10.6 Å². The molecule has 1 aliphatic heterocycles. The van der Waals surface area contributed by atoms with Crippen molar-refractivity contribution >= 4 is 28.9 Å². The molecule has 1 fully saturated rings. The highest BCUT2D eigenvalue weighted by molar-refractivity contribution is 6.33. The van der Waals surface area contributed by atoms with Crippen molar-refractivity contribution in [2.45, 2.75) is 0 Å². The van der Waals surface area contributed by atoms with Crippen LogP contribution in [0.5, 0.6) is 0 Å². The Balaban J connectivity index is 2.37. The minimum absolute atomic E-state index is 0.323. The molecule has 0 saturated carbocycles. The number of rotatable bonds is 2. The molecule has 1 saturated heterocycles. The molecule has 1 aromatic carbocycles. The summed E-state index contributed by atoms with van der Waals surface area (Å²) in [5, 5.41) is 0.530. The van der Waals surface area contributed by atoms with Crippen LogP contribution in [0.4, 0.5) is 11.4 Å². The van der Waals surface area contributed by atoms with Crippen LogP contribution in [0.1, 0.15) is 10.4 Å². The van der Waals surface area contributed by atoms with Crippen molar-refractivity contribution in [2.24, 2.45) is 0 Å². The van der Waals surface area contributed by atoms with Crippen LogP contribution in [-0.2, 0) is 9.47 Å². The monoisotopic (exact) mass is 270 g/mol. The summed E-state index contributed by atoms with van der Waals surface area (Å²) in [4.78, 5) is 13.7. The Hall–Kier alpha value is -1.46. The largest absolute Gasteiger partial charge is 0.465 e. The van der Waals surface area contributed by atoms with Crippen LogP contribution in [0.3, 0.4) is 0 Å². The van der Waals surface area contributed by atoms with Crippen LogP contribution >= 0.6 is 11.6 Å². The van der Waals surface area contributed by atoms with Gasteiger partial charge in [-0.05, 0) is 12.1 Å². The van der Waals surface area contributed by atoms with Crippen molar-refractivity contribution in [2.75, 3.05) is 44.0 Å². The van der Waals surface area contributed by atoms with Gasteiger partial charge in [0.1, 0.15) is 0 Å². The molecule has 0 unspecified atom stereocenters. The molecular weight excluding hydrogens is 256 g/mol. The second kappa shape index (κ2) is 5.46. The second-order valence-corrected chi connectivity index (χ2v) is 4.39. The molecule has 0 radical (unpaired) electrons. The molecule has 2 N–H and O–H groups in total. The smallest absolute Gasteiger partial charge is 0.340 e. The van der Waals surface area contributed by atoms with Crippen LogP contribution in [0.2, 0.25) is 5.02 Å². The maximum atomic E-state index is 11.6. The van der Waals surface area contributed by atoms with E-state index in [1.807, 2.05) is 0 Å². The zero-order chi connectivity index (χ0) is 13.1. The number of nitrogen functional groups attached to an aromatic ring is 1. The zero-order valence-electron chi connectivity index (χ0n) is 10.1. The highest BCUT2D eigenvalue weighted by atomic mass is 35.5. The summed E-state index contributed by atoms with van der Waals surface area (Å²) < 4.78 is 9.98. The van der Waals surface area contributed by atoms with Crippen molar-refractivity contribution in [3.63, 3.8) is 0 Å². The van der Waals surface area contributed by atoms with Crippen LogP contribution in [0.25, 0.3) is 0 Å². The summed E-state index contributed by atoms with van der Waals surface area (Å²) in [5.41, 5.74) is 7.21. The van der Waals surface area contributed by atoms with E-state index in [0.717, 1.165) is 18.8 Å². The molecule has 0 atom stereocenters. The predicted octanol–water partition coefficient (Wildman–Crippen LogP) is 1.55. The van der Waals surface area contributed by atoms with Crippen molar-refractivity contribution in [3.05, 3.63) is 22.7 Å². The summed E-state index contributed by atoms with van der Waals surface area (Å²) in [7, 11) is 1.32. The number of halogens is 1. The maximum Gasteiger partial charge on any atom is 0.340 e. The molecule has 0 amide bonds. The molecule has 2 rings (SSSR count). The fourth-order valence-corrected chi connectivity index (χ4v) is 2.20. The van der Waals surface area contributed by atoms with E-state index in [4.69, 9.17) is 26.8 Å². The maximum absolute atomic E-state index is 11.6. The van der Waals surface area contributed by atoms with Gasteiger partial charge in [0.15, 0.2) is 0 Å². The first-order valence-corrected chi connectivity index (χ1v) is 6.01. The topological polar surface area (TPSA) is 64.8 Å². The van der Waals surface area contributed by atoms with Crippen LogP contribution in [-0.4, -0.2) is 39.4 Å². The number of hydrogen-bond acceptors (Lipinski definition) is 5. The lowest BCUT2D eigenvalue weighted by Gasteiger charge is -2.30. The van der Waals surface area contributed by atoms with E-state index in [-0.39, 0.29) is 0 Å². The summed E-state index contributed by atoms with van der Waals surface area (Å²) >= 11 is 6.17. The van der Waals surface area contributed by atoms with Crippen LogP contribution in [0, 0.1) is 0 Å². The van der Waals surface area contributed by atoms with Crippen LogP contribution in [0.15, 0.2) is 12.1 Å². The van der Waals surface area contributed by atoms with Gasteiger partial charge in [-0.1, -0.05) is 11.6 Å². The Morgan fingerprint density at radius 1 is 1.44 bits per heavy atom. The molecule has 18 heavy (non-hydrogen) atoms. The Kier molecular flexibility index (Phi) is 3.93. The number of nitrogens with two attached hydrogens (primary N) is 1. The molecule has 5 nitrogen and oxygen atoms in total. The molecule has 98 valence electrons. The molecule has 1 aromatic rings. The van der Waals surface area contributed by atoms with E-state index in [2.05, 4.69) is 4.90 Å². The van der Waals surface area contributed by atoms with Crippen molar-refractivity contribution < 1.29 is 14.3 Å². The normalized spacial score (nSPS) is 15.6. The average molecular weight is 271 g/mol. The number of esters is 1. The fraction of sp³-hybridized carbons (Fsp3) is 0.417. The third-order valence-corrected chi connectivity index (χ3v) is 3.18. The van der Waals surface area contributed by atoms with Gasteiger partial charge >= 0.3 is 5.97 Å². The number of carbonyl (C=O) groups is 1. The number of carbonyl (C=O) groups excluding carboxylic acids is 1. The van der Waals surface area contributed by atoms with Gasteiger partial charge in [0.05, 0.1) is 36.6 Å². The van der Waals surface area contributed by atoms with E-state index >= 15 is 0 Å². The highest BCUT2D eigenvalue weighted by Crippen LogP contribution is 2.31. The van der Waals surface area contributed by atoms with Crippen molar-refractivity contribution in [1.82, 2.24) is 0 Å². The standard InChI is InChI=1S/C12H15ClN2O3/c1-17-12(16)8-6-11(9(13)7-10(8)14)15-2-4-18-5-3-15/h6-7H,2-5,14H2,1H3. The molecule has 6 heteroatoms. The van der Waals surface area contributed by atoms with E-state index in [0.29, 0.717) is 29.5 Å². The second-order valence-electron chi connectivity index (χ2n) is 3.98. The third-order valence-electron chi connectivity index (χ3n) is 2.88. The number of morpholine rings is 1. The van der Waals surface area contributed by atoms with Gasteiger partial charge in [0.25, 0.3) is 0 Å². The molecule has 0 aromatic heterocycles. The van der Waals surface area contributed by atoms with E-state index in [9.17, 15) is 4.79 Å².